The maximum Gasteiger partial charge on any atom is 0.131 e. The Kier molecular flexibility index (Phi) is 2.95. The Morgan fingerprint density at radius 2 is 1.70 bits per heavy atom. The van der Waals surface area contributed by atoms with Crippen molar-refractivity contribution in [2.45, 2.75) is 11.8 Å². The Hall–Kier alpha value is -1.16. The lowest BCUT2D eigenvalue weighted by molar-refractivity contribution is 0.472. The number of para-hydroxylation sites is 1. The second-order valence-corrected chi connectivity index (χ2v) is 6.41. The molecule has 4 rings (SSSR count). The van der Waals surface area contributed by atoms with Crippen LogP contribution in [0.2, 0.25) is 5.02 Å². The SMILES string of the molecule is SN1CC2c3ccccc3Oc3ccc(Cl)cc3[C@H]2C1. The van der Waals surface area contributed by atoms with Crippen molar-refractivity contribution in [1.29, 1.82) is 0 Å². The predicted molar refractivity (Wildman–Crippen MR) is 84.0 cm³/mol. The topological polar surface area (TPSA) is 12.5 Å². The molecule has 2 atom stereocenters. The molecule has 0 saturated carbocycles. The first-order valence-electron chi connectivity index (χ1n) is 6.72. The minimum absolute atomic E-state index is 0.379. The van der Waals surface area contributed by atoms with E-state index in [0.29, 0.717) is 11.8 Å². The predicted octanol–water partition coefficient (Wildman–Crippen LogP) is 4.47. The lowest BCUT2D eigenvalue weighted by Gasteiger charge is -2.17. The first kappa shape index (κ1) is 12.6. The molecule has 4 heteroatoms. The van der Waals surface area contributed by atoms with Gasteiger partial charge in [-0.1, -0.05) is 42.6 Å². The van der Waals surface area contributed by atoms with Crippen LogP contribution in [0.25, 0.3) is 0 Å². The molecule has 2 aromatic rings. The van der Waals surface area contributed by atoms with Crippen LogP contribution < -0.4 is 4.74 Å². The van der Waals surface area contributed by atoms with E-state index >= 15 is 0 Å². The molecule has 0 N–H and O–H groups in total. The Morgan fingerprint density at radius 3 is 2.55 bits per heavy atom. The van der Waals surface area contributed by atoms with Gasteiger partial charge < -0.3 is 4.74 Å². The van der Waals surface area contributed by atoms with Gasteiger partial charge in [0.15, 0.2) is 0 Å². The Morgan fingerprint density at radius 1 is 1.00 bits per heavy atom. The van der Waals surface area contributed by atoms with E-state index in [1.807, 2.05) is 30.3 Å². The highest BCUT2D eigenvalue weighted by Crippen LogP contribution is 2.50. The van der Waals surface area contributed by atoms with Gasteiger partial charge in [-0.3, -0.25) is 4.31 Å². The van der Waals surface area contributed by atoms with Crippen molar-refractivity contribution in [2.75, 3.05) is 13.1 Å². The van der Waals surface area contributed by atoms with Crippen molar-refractivity contribution >= 4 is 24.4 Å². The van der Waals surface area contributed by atoms with Crippen molar-refractivity contribution in [1.82, 2.24) is 4.31 Å². The van der Waals surface area contributed by atoms with Crippen molar-refractivity contribution in [3.63, 3.8) is 0 Å². The summed E-state index contributed by atoms with van der Waals surface area (Å²) in [6.45, 7) is 1.85. The number of nitrogens with zero attached hydrogens (tertiary/aromatic N) is 1. The van der Waals surface area contributed by atoms with Gasteiger partial charge in [0.25, 0.3) is 0 Å². The van der Waals surface area contributed by atoms with E-state index in [-0.39, 0.29) is 0 Å². The molecule has 2 aromatic carbocycles. The molecule has 0 aliphatic carbocycles. The zero-order valence-electron chi connectivity index (χ0n) is 10.8. The summed E-state index contributed by atoms with van der Waals surface area (Å²) in [4.78, 5) is 0. The normalized spacial score (nSPS) is 24.3. The maximum atomic E-state index is 6.18. The monoisotopic (exact) mass is 303 g/mol. The fourth-order valence-corrected chi connectivity index (χ4v) is 3.85. The molecule has 102 valence electrons. The van der Waals surface area contributed by atoms with Gasteiger partial charge in [0.1, 0.15) is 11.5 Å². The fourth-order valence-electron chi connectivity index (χ4n) is 3.31. The summed E-state index contributed by atoms with van der Waals surface area (Å²) in [6.07, 6.45) is 0. The highest BCUT2D eigenvalue weighted by Gasteiger charge is 2.38. The Labute approximate surface area is 128 Å². The maximum absolute atomic E-state index is 6.18. The molecule has 2 aliphatic heterocycles. The molecular formula is C16H14ClNOS. The summed E-state index contributed by atoms with van der Waals surface area (Å²) in [5, 5.41) is 0.759. The molecule has 2 heterocycles. The van der Waals surface area contributed by atoms with Crippen LogP contribution in [0.3, 0.4) is 0 Å². The first-order valence-corrected chi connectivity index (χ1v) is 7.50. The van der Waals surface area contributed by atoms with E-state index in [4.69, 9.17) is 16.3 Å². The van der Waals surface area contributed by atoms with Crippen LogP contribution in [-0.4, -0.2) is 17.4 Å². The lowest BCUT2D eigenvalue weighted by Crippen LogP contribution is -2.07. The van der Waals surface area contributed by atoms with Gasteiger partial charge in [-0.15, -0.1) is 0 Å². The third-order valence-electron chi connectivity index (χ3n) is 4.21. The average molecular weight is 304 g/mol. The number of hydrogen-bond donors (Lipinski definition) is 1. The van der Waals surface area contributed by atoms with Crippen LogP contribution in [0.5, 0.6) is 11.5 Å². The molecule has 2 aliphatic rings. The third-order valence-corrected chi connectivity index (χ3v) is 4.77. The summed E-state index contributed by atoms with van der Waals surface area (Å²) in [5.74, 6) is 2.65. The highest BCUT2D eigenvalue weighted by molar-refractivity contribution is 7.77. The molecule has 1 fully saturated rings. The zero-order valence-corrected chi connectivity index (χ0v) is 12.4. The largest absolute Gasteiger partial charge is 0.457 e. The van der Waals surface area contributed by atoms with E-state index < -0.39 is 0 Å². The molecule has 1 saturated heterocycles. The van der Waals surface area contributed by atoms with Gasteiger partial charge in [-0.2, -0.15) is 0 Å². The van der Waals surface area contributed by atoms with Gasteiger partial charge in [0, 0.05) is 35.5 Å². The smallest absolute Gasteiger partial charge is 0.131 e. The van der Waals surface area contributed by atoms with Crippen LogP contribution >= 0.6 is 24.4 Å². The summed E-state index contributed by atoms with van der Waals surface area (Å²) in [7, 11) is 0. The van der Waals surface area contributed by atoms with Crippen LogP contribution in [0.1, 0.15) is 23.0 Å². The molecule has 0 radical (unpaired) electrons. The number of halogens is 1. The first-order chi connectivity index (χ1) is 9.72. The van der Waals surface area contributed by atoms with Gasteiger partial charge >= 0.3 is 0 Å². The van der Waals surface area contributed by atoms with Crippen LogP contribution in [0, 0.1) is 0 Å². The van der Waals surface area contributed by atoms with Gasteiger partial charge in [-0.25, -0.2) is 0 Å². The van der Waals surface area contributed by atoms with Gasteiger partial charge in [0.2, 0.25) is 0 Å². The second kappa shape index (κ2) is 4.69. The summed E-state index contributed by atoms with van der Waals surface area (Å²) in [6, 6.07) is 14.2. The van der Waals surface area contributed by atoms with Crippen molar-refractivity contribution in [3.8, 4) is 11.5 Å². The van der Waals surface area contributed by atoms with Gasteiger partial charge in [-0.05, 0) is 29.8 Å². The van der Waals surface area contributed by atoms with E-state index in [1.54, 1.807) is 0 Å². The fraction of sp³-hybridized carbons (Fsp3) is 0.250. The standard InChI is InChI=1S/C16H14ClNOS/c17-10-5-6-16-12(7-10)14-9-18(20)8-13(14)11-3-1-2-4-15(11)19-16/h1-7,13-14,20H,8-9H2/t13?,14-/m1/s1. The molecular weight excluding hydrogens is 290 g/mol. The van der Waals surface area contributed by atoms with Gasteiger partial charge in [0.05, 0.1) is 0 Å². The van der Waals surface area contributed by atoms with Crippen LogP contribution in [-0.2, 0) is 0 Å². The Bertz CT molecular complexity index is 675. The third kappa shape index (κ3) is 1.93. The quantitative estimate of drug-likeness (QED) is 0.721. The number of hydrogen-bond acceptors (Lipinski definition) is 3. The van der Waals surface area contributed by atoms with E-state index in [2.05, 4.69) is 29.3 Å². The minimum Gasteiger partial charge on any atom is -0.457 e. The van der Waals surface area contributed by atoms with Crippen molar-refractivity contribution < 1.29 is 4.74 Å². The number of benzene rings is 2. The molecule has 20 heavy (non-hydrogen) atoms. The molecule has 0 spiro atoms. The number of ether oxygens (including phenoxy) is 1. The van der Waals surface area contributed by atoms with Crippen molar-refractivity contribution in [2.24, 2.45) is 0 Å². The molecule has 1 unspecified atom stereocenters. The molecule has 2 nitrogen and oxygen atoms in total. The Balaban J connectivity index is 1.93. The summed E-state index contributed by atoms with van der Waals surface area (Å²) < 4.78 is 8.21. The van der Waals surface area contributed by atoms with E-state index in [0.717, 1.165) is 29.6 Å². The number of rotatable bonds is 0. The highest BCUT2D eigenvalue weighted by atomic mass is 35.5. The minimum atomic E-state index is 0.379. The number of fused-ring (bicyclic) bond motifs is 5. The molecule has 0 aromatic heterocycles. The average Bonchev–Trinajstić information content (AvgIpc) is 2.78. The van der Waals surface area contributed by atoms with E-state index in [1.165, 1.54) is 11.1 Å². The zero-order chi connectivity index (χ0) is 13.7. The van der Waals surface area contributed by atoms with Crippen LogP contribution in [0.15, 0.2) is 42.5 Å². The molecule has 0 bridgehead atoms. The van der Waals surface area contributed by atoms with E-state index in [9.17, 15) is 0 Å². The number of thiol groups is 1. The second-order valence-electron chi connectivity index (χ2n) is 5.41. The lowest BCUT2D eigenvalue weighted by atomic mass is 9.84. The summed E-state index contributed by atoms with van der Waals surface area (Å²) >= 11 is 10.7. The van der Waals surface area contributed by atoms with Crippen LogP contribution in [0.4, 0.5) is 0 Å². The van der Waals surface area contributed by atoms with Crippen molar-refractivity contribution in [3.05, 3.63) is 58.6 Å². The molecule has 0 amide bonds. The summed E-state index contributed by atoms with van der Waals surface area (Å²) in [5.41, 5.74) is 2.46.